The molecule has 1 amide bonds. The number of nitrogens with one attached hydrogen (secondary N) is 2. The van der Waals surface area contributed by atoms with Crippen LogP contribution < -0.4 is 5.32 Å². The molecule has 134 valence electrons. The second-order valence-electron chi connectivity index (χ2n) is 6.45. The number of ether oxygens (including phenoxy) is 2. The number of hydrogen-bond donors (Lipinski definition) is 2. The Morgan fingerprint density at radius 3 is 2.88 bits per heavy atom. The summed E-state index contributed by atoms with van der Waals surface area (Å²) in [5.74, 6) is 0.473. The van der Waals surface area contributed by atoms with E-state index < -0.39 is 5.97 Å². The predicted molar refractivity (Wildman–Crippen MR) is 86.2 cm³/mol. The van der Waals surface area contributed by atoms with Crippen molar-refractivity contribution in [3.63, 3.8) is 0 Å². The Hall–Kier alpha value is -1.96. The molecule has 1 aliphatic rings. The van der Waals surface area contributed by atoms with Gasteiger partial charge in [0.05, 0.1) is 12.6 Å². The van der Waals surface area contributed by atoms with E-state index in [4.69, 9.17) is 9.47 Å². The van der Waals surface area contributed by atoms with Gasteiger partial charge in [0.1, 0.15) is 5.82 Å². The van der Waals surface area contributed by atoms with Crippen LogP contribution in [0.15, 0.2) is 0 Å². The topological polar surface area (TPSA) is 106 Å². The van der Waals surface area contributed by atoms with Gasteiger partial charge in [0, 0.05) is 19.6 Å². The van der Waals surface area contributed by atoms with Crippen LogP contribution in [0.2, 0.25) is 0 Å². The number of hydrogen-bond acceptors (Lipinski definition) is 6. The third-order valence-electron chi connectivity index (χ3n) is 3.83. The summed E-state index contributed by atoms with van der Waals surface area (Å²) in [6, 6.07) is -0.310. The molecule has 1 aromatic heterocycles. The van der Waals surface area contributed by atoms with Crippen molar-refractivity contribution in [3.05, 3.63) is 11.6 Å². The largest absolute Gasteiger partial charge is 0.460 e. The fourth-order valence-corrected chi connectivity index (χ4v) is 2.69. The van der Waals surface area contributed by atoms with E-state index in [0.29, 0.717) is 31.2 Å². The molecule has 2 heterocycles. The predicted octanol–water partition coefficient (Wildman–Crippen LogP) is 1.61. The second kappa shape index (κ2) is 8.77. The van der Waals surface area contributed by atoms with Crippen LogP contribution in [0.5, 0.6) is 0 Å². The highest BCUT2D eigenvalue weighted by Gasteiger charge is 2.25. The van der Waals surface area contributed by atoms with Gasteiger partial charge in [0.15, 0.2) is 0 Å². The van der Waals surface area contributed by atoms with Crippen molar-refractivity contribution in [2.24, 2.45) is 11.8 Å². The first-order valence-electron chi connectivity index (χ1n) is 8.46. The van der Waals surface area contributed by atoms with E-state index in [1.165, 1.54) is 0 Å². The SMILES string of the molecule is CCOC(=O)c1n[nH]c([C@@H](CC(C)C)NC(=O)C[C@H]2CCOC2)n1. The molecule has 0 spiro atoms. The number of nitrogens with zero attached hydrogens (tertiary/aromatic N) is 2. The lowest BCUT2D eigenvalue weighted by molar-refractivity contribution is -0.123. The van der Waals surface area contributed by atoms with E-state index in [0.717, 1.165) is 13.0 Å². The van der Waals surface area contributed by atoms with Crippen LogP contribution >= 0.6 is 0 Å². The minimum atomic E-state index is -0.572. The highest BCUT2D eigenvalue weighted by molar-refractivity contribution is 5.85. The van der Waals surface area contributed by atoms with Gasteiger partial charge in [0.2, 0.25) is 5.91 Å². The van der Waals surface area contributed by atoms with Crippen LogP contribution in [0, 0.1) is 11.8 Å². The highest BCUT2D eigenvalue weighted by Crippen LogP contribution is 2.21. The lowest BCUT2D eigenvalue weighted by Crippen LogP contribution is -2.31. The summed E-state index contributed by atoms with van der Waals surface area (Å²) in [6.07, 6.45) is 2.05. The van der Waals surface area contributed by atoms with Crippen LogP contribution in [0.1, 0.15) is 62.5 Å². The normalized spacial score (nSPS) is 18.6. The second-order valence-corrected chi connectivity index (χ2v) is 6.45. The Balaban J connectivity index is 2.01. The molecule has 8 nitrogen and oxygen atoms in total. The molecule has 2 rings (SSSR count). The summed E-state index contributed by atoms with van der Waals surface area (Å²) in [5.41, 5.74) is 0. The fraction of sp³-hybridized carbons (Fsp3) is 0.750. The smallest absolute Gasteiger partial charge is 0.378 e. The Kier molecular flexibility index (Phi) is 6.72. The van der Waals surface area contributed by atoms with Crippen molar-refractivity contribution in [3.8, 4) is 0 Å². The van der Waals surface area contributed by atoms with E-state index in [1.807, 2.05) is 0 Å². The van der Waals surface area contributed by atoms with E-state index in [1.54, 1.807) is 6.92 Å². The Bertz CT molecular complexity index is 552. The van der Waals surface area contributed by atoms with E-state index in [2.05, 4.69) is 34.3 Å². The molecular formula is C16H26N4O4. The van der Waals surface area contributed by atoms with Crippen molar-refractivity contribution in [1.29, 1.82) is 0 Å². The van der Waals surface area contributed by atoms with Crippen LogP contribution in [0.4, 0.5) is 0 Å². The first-order valence-corrected chi connectivity index (χ1v) is 8.46. The monoisotopic (exact) mass is 338 g/mol. The Morgan fingerprint density at radius 1 is 1.46 bits per heavy atom. The summed E-state index contributed by atoms with van der Waals surface area (Å²) in [4.78, 5) is 28.2. The molecule has 1 fully saturated rings. The summed E-state index contributed by atoms with van der Waals surface area (Å²) >= 11 is 0. The van der Waals surface area contributed by atoms with Gasteiger partial charge < -0.3 is 14.8 Å². The van der Waals surface area contributed by atoms with Crippen molar-refractivity contribution in [2.45, 2.75) is 46.1 Å². The molecule has 2 N–H and O–H groups in total. The average Bonchev–Trinajstić information content (AvgIpc) is 3.17. The maximum atomic E-state index is 12.3. The summed E-state index contributed by atoms with van der Waals surface area (Å²) in [6.45, 7) is 7.47. The number of carbonyl (C=O) groups excluding carboxylic acids is 2. The van der Waals surface area contributed by atoms with Crippen molar-refractivity contribution >= 4 is 11.9 Å². The van der Waals surface area contributed by atoms with Crippen LogP contribution in [-0.4, -0.2) is 46.9 Å². The number of rotatable bonds is 8. The minimum Gasteiger partial charge on any atom is -0.460 e. The zero-order chi connectivity index (χ0) is 17.5. The molecule has 1 saturated heterocycles. The van der Waals surface area contributed by atoms with E-state index in [-0.39, 0.29) is 30.3 Å². The van der Waals surface area contributed by atoms with Gasteiger partial charge in [-0.25, -0.2) is 9.78 Å². The zero-order valence-electron chi connectivity index (χ0n) is 14.5. The van der Waals surface area contributed by atoms with Gasteiger partial charge in [-0.15, -0.1) is 5.10 Å². The van der Waals surface area contributed by atoms with Gasteiger partial charge in [-0.05, 0) is 31.6 Å². The van der Waals surface area contributed by atoms with Gasteiger partial charge in [0.25, 0.3) is 5.82 Å². The number of amides is 1. The zero-order valence-corrected chi connectivity index (χ0v) is 14.5. The van der Waals surface area contributed by atoms with Crippen molar-refractivity contribution in [2.75, 3.05) is 19.8 Å². The minimum absolute atomic E-state index is 0.0148. The first-order chi connectivity index (χ1) is 11.5. The number of H-pyrrole nitrogens is 1. The molecule has 0 saturated carbocycles. The van der Waals surface area contributed by atoms with Crippen LogP contribution in [0.3, 0.4) is 0 Å². The van der Waals surface area contributed by atoms with Gasteiger partial charge in [-0.3, -0.25) is 9.89 Å². The quantitative estimate of drug-likeness (QED) is 0.698. The number of carbonyl (C=O) groups is 2. The molecule has 0 unspecified atom stereocenters. The number of esters is 1. The molecule has 24 heavy (non-hydrogen) atoms. The van der Waals surface area contributed by atoms with Crippen LogP contribution in [0.25, 0.3) is 0 Å². The third-order valence-corrected chi connectivity index (χ3v) is 3.83. The molecule has 8 heteroatoms. The van der Waals surface area contributed by atoms with E-state index >= 15 is 0 Å². The molecule has 0 aliphatic carbocycles. The highest BCUT2D eigenvalue weighted by atomic mass is 16.5. The van der Waals surface area contributed by atoms with Gasteiger partial charge >= 0.3 is 5.97 Å². The molecule has 0 bridgehead atoms. The number of aromatic amines is 1. The maximum absolute atomic E-state index is 12.3. The van der Waals surface area contributed by atoms with E-state index in [9.17, 15) is 9.59 Å². The molecule has 0 aromatic carbocycles. The lowest BCUT2D eigenvalue weighted by atomic mass is 10.0. The Labute approximate surface area is 141 Å². The van der Waals surface area contributed by atoms with Gasteiger partial charge in [-0.1, -0.05) is 13.8 Å². The van der Waals surface area contributed by atoms with Crippen LogP contribution in [-0.2, 0) is 14.3 Å². The fourth-order valence-electron chi connectivity index (χ4n) is 2.69. The molecule has 2 atom stereocenters. The molecule has 1 aromatic rings. The summed E-state index contributed by atoms with van der Waals surface area (Å²) in [5, 5.41) is 9.64. The van der Waals surface area contributed by atoms with Gasteiger partial charge in [-0.2, -0.15) is 0 Å². The maximum Gasteiger partial charge on any atom is 0.378 e. The van der Waals surface area contributed by atoms with Crippen molar-refractivity contribution < 1.29 is 19.1 Å². The lowest BCUT2D eigenvalue weighted by Gasteiger charge is -2.19. The molecular weight excluding hydrogens is 312 g/mol. The summed E-state index contributed by atoms with van der Waals surface area (Å²) in [7, 11) is 0. The van der Waals surface area contributed by atoms with Crippen molar-refractivity contribution in [1.82, 2.24) is 20.5 Å². The molecule has 0 radical (unpaired) electrons. The average molecular weight is 338 g/mol. The summed E-state index contributed by atoms with van der Waals surface area (Å²) < 4.78 is 10.2. The number of aromatic nitrogens is 3. The molecule has 1 aliphatic heterocycles. The Morgan fingerprint density at radius 2 is 2.25 bits per heavy atom. The standard InChI is InChI=1S/C16H26N4O4/c1-4-24-16(22)15-18-14(19-20-15)12(7-10(2)3)17-13(21)8-11-5-6-23-9-11/h10-12H,4-9H2,1-3H3,(H,17,21)(H,18,19,20)/t11-,12-/m1/s1. The first kappa shape index (κ1) is 18.4. The third kappa shape index (κ3) is 5.30.